The number of nitrogens with one attached hydrogen (secondary N) is 2. The number of carbonyl (C=O) groups excluding carboxylic acids is 1. The molecule has 2 amide bonds. The molecule has 3 rings (SSSR count). The molecule has 1 saturated heterocycles. The van der Waals surface area contributed by atoms with E-state index in [0.717, 1.165) is 45.3 Å². The number of anilines is 1. The summed E-state index contributed by atoms with van der Waals surface area (Å²) >= 11 is 0. The second-order valence-corrected chi connectivity index (χ2v) is 6.39. The van der Waals surface area contributed by atoms with Gasteiger partial charge in [0.1, 0.15) is 5.75 Å². The van der Waals surface area contributed by atoms with E-state index in [1.54, 1.807) is 12.1 Å². The van der Waals surface area contributed by atoms with Crippen LogP contribution in [-0.4, -0.2) is 31.9 Å². The number of halogens is 2. The zero-order chi connectivity index (χ0) is 17.0. The normalized spacial score (nSPS) is 22.5. The highest BCUT2D eigenvalue weighted by Gasteiger charge is 2.44. The molecule has 0 bridgehead atoms. The molecular weight excluding hydrogens is 318 g/mol. The fraction of sp³-hybridized carbons (Fsp3) is 0.588. The fourth-order valence-electron chi connectivity index (χ4n) is 3.83. The second kappa shape index (κ2) is 7.34. The molecule has 1 aliphatic carbocycles. The molecule has 1 heterocycles. The first-order chi connectivity index (χ1) is 11.6. The van der Waals surface area contributed by atoms with Crippen molar-refractivity contribution < 1.29 is 23.0 Å². The number of rotatable bonds is 4. The lowest BCUT2D eigenvalue weighted by Gasteiger charge is -2.39. The maximum absolute atomic E-state index is 12.4. The van der Waals surface area contributed by atoms with Gasteiger partial charge in [-0.25, -0.2) is 4.79 Å². The van der Waals surface area contributed by atoms with Crippen molar-refractivity contribution in [1.82, 2.24) is 5.32 Å². The number of ether oxygens (including phenoxy) is 2. The lowest BCUT2D eigenvalue weighted by Crippen LogP contribution is -2.48. The van der Waals surface area contributed by atoms with Gasteiger partial charge in [0, 0.05) is 19.3 Å². The Labute approximate surface area is 139 Å². The van der Waals surface area contributed by atoms with Gasteiger partial charge in [-0.3, -0.25) is 0 Å². The van der Waals surface area contributed by atoms with Crippen LogP contribution < -0.4 is 15.4 Å². The number of hydrogen-bond acceptors (Lipinski definition) is 3. The molecular formula is C17H22F2N2O3. The number of alkyl halides is 2. The van der Waals surface area contributed by atoms with Crippen molar-refractivity contribution in [3.05, 3.63) is 24.3 Å². The third kappa shape index (κ3) is 3.77. The van der Waals surface area contributed by atoms with Crippen molar-refractivity contribution in [3.8, 4) is 5.75 Å². The molecule has 0 radical (unpaired) electrons. The minimum absolute atomic E-state index is 0.0464. The predicted molar refractivity (Wildman–Crippen MR) is 85.4 cm³/mol. The third-order valence-corrected chi connectivity index (χ3v) is 5.05. The van der Waals surface area contributed by atoms with E-state index in [9.17, 15) is 13.6 Å². The van der Waals surface area contributed by atoms with E-state index in [2.05, 4.69) is 15.4 Å². The van der Waals surface area contributed by atoms with E-state index in [1.807, 2.05) is 0 Å². The van der Waals surface area contributed by atoms with Crippen molar-refractivity contribution in [2.75, 3.05) is 18.5 Å². The average Bonchev–Trinajstić information content (AvgIpc) is 2.91. The smallest absolute Gasteiger partial charge is 0.387 e. The maximum Gasteiger partial charge on any atom is 0.387 e. The summed E-state index contributed by atoms with van der Waals surface area (Å²) in [6.45, 7) is -1.48. The number of hydrogen-bond donors (Lipinski definition) is 2. The van der Waals surface area contributed by atoms with Gasteiger partial charge >= 0.3 is 12.6 Å². The summed E-state index contributed by atoms with van der Waals surface area (Å²) in [5.74, 6) is -0.0464. The Kier molecular flexibility index (Phi) is 5.18. The fourth-order valence-corrected chi connectivity index (χ4v) is 3.83. The van der Waals surface area contributed by atoms with Gasteiger partial charge in [0.2, 0.25) is 0 Å². The SMILES string of the molecule is O=C(Nc1ccccc1OC(F)F)N[C@@H]1CCCC12CCOCC2. The molecule has 2 fully saturated rings. The zero-order valence-electron chi connectivity index (χ0n) is 13.4. The van der Waals surface area contributed by atoms with Crippen molar-refractivity contribution >= 4 is 11.7 Å². The Bertz CT molecular complexity index is 577. The summed E-state index contributed by atoms with van der Waals surface area (Å²) in [7, 11) is 0. The van der Waals surface area contributed by atoms with Crippen LogP contribution in [0.25, 0.3) is 0 Å². The first-order valence-corrected chi connectivity index (χ1v) is 8.28. The lowest BCUT2D eigenvalue weighted by molar-refractivity contribution is -0.0493. The Hall–Kier alpha value is -1.89. The van der Waals surface area contributed by atoms with Crippen LogP contribution >= 0.6 is 0 Å². The number of para-hydroxylation sites is 2. The highest BCUT2D eigenvalue weighted by Crippen LogP contribution is 2.46. The summed E-state index contributed by atoms with van der Waals surface area (Å²) in [5.41, 5.74) is 0.337. The van der Waals surface area contributed by atoms with E-state index < -0.39 is 12.6 Å². The number of carbonyl (C=O) groups is 1. The predicted octanol–water partition coefficient (Wildman–Crippen LogP) is 3.76. The molecule has 2 aliphatic rings. The van der Waals surface area contributed by atoms with Gasteiger partial charge in [-0.2, -0.15) is 8.78 Å². The van der Waals surface area contributed by atoms with Gasteiger partial charge in [-0.15, -0.1) is 0 Å². The molecule has 2 N–H and O–H groups in total. The summed E-state index contributed by atoms with van der Waals surface area (Å²) < 4.78 is 34.8. The Balaban J connectivity index is 1.63. The number of benzene rings is 1. The molecule has 0 aromatic heterocycles. The topological polar surface area (TPSA) is 59.6 Å². The van der Waals surface area contributed by atoms with Gasteiger partial charge in [0.25, 0.3) is 0 Å². The minimum atomic E-state index is -2.93. The molecule has 1 aromatic carbocycles. The van der Waals surface area contributed by atoms with Crippen LogP contribution in [0.1, 0.15) is 32.1 Å². The quantitative estimate of drug-likeness (QED) is 0.877. The first kappa shape index (κ1) is 17.0. The van der Waals surface area contributed by atoms with Crippen LogP contribution in [-0.2, 0) is 4.74 Å². The van der Waals surface area contributed by atoms with Gasteiger partial charge in [-0.1, -0.05) is 18.6 Å². The number of urea groups is 1. The van der Waals surface area contributed by atoms with Crippen LogP contribution in [0.5, 0.6) is 5.75 Å². The molecule has 1 aromatic rings. The molecule has 1 aliphatic heterocycles. The summed E-state index contributed by atoms with van der Waals surface area (Å²) in [6.07, 6.45) is 5.00. The van der Waals surface area contributed by atoms with E-state index in [0.29, 0.717) is 0 Å². The number of amides is 2. The maximum atomic E-state index is 12.4. The molecule has 132 valence electrons. The van der Waals surface area contributed by atoms with Gasteiger partial charge in [0.05, 0.1) is 5.69 Å². The van der Waals surface area contributed by atoms with Crippen LogP contribution in [0.4, 0.5) is 19.3 Å². The lowest BCUT2D eigenvalue weighted by atomic mass is 9.75. The van der Waals surface area contributed by atoms with Crippen LogP contribution in [0, 0.1) is 5.41 Å². The van der Waals surface area contributed by atoms with Crippen LogP contribution in [0.3, 0.4) is 0 Å². The largest absolute Gasteiger partial charge is 0.433 e. The highest BCUT2D eigenvalue weighted by molar-refractivity contribution is 5.91. The van der Waals surface area contributed by atoms with Crippen molar-refractivity contribution in [1.29, 1.82) is 0 Å². The van der Waals surface area contributed by atoms with E-state index >= 15 is 0 Å². The summed E-state index contributed by atoms with van der Waals surface area (Å²) in [6, 6.07) is 5.87. The molecule has 1 atom stereocenters. The molecule has 7 heteroatoms. The zero-order valence-corrected chi connectivity index (χ0v) is 13.4. The van der Waals surface area contributed by atoms with Gasteiger partial charge in [0.15, 0.2) is 0 Å². The standard InChI is InChI=1S/C17H22F2N2O3/c18-15(19)24-13-5-2-1-4-12(13)20-16(22)21-14-6-3-7-17(14)8-10-23-11-9-17/h1-2,4-5,14-15H,3,6-11H2,(H2,20,21,22)/t14-/m1/s1. The highest BCUT2D eigenvalue weighted by atomic mass is 19.3. The van der Waals surface area contributed by atoms with Crippen molar-refractivity contribution in [2.45, 2.75) is 44.8 Å². The molecule has 1 saturated carbocycles. The summed E-state index contributed by atoms with van der Waals surface area (Å²) in [4.78, 5) is 12.3. The minimum Gasteiger partial charge on any atom is -0.433 e. The van der Waals surface area contributed by atoms with Crippen LogP contribution in [0.2, 0.25) is 0 Å². The van der Waals surface area contributed by atoms with E-state index in [-0.39, 0.29) is 22.9 Å². The van der Waals surface area contributed by atoms with Crippen molar-refractivity contribution in [3.63, 3.8) is 0 Å². The monoisotopic (exact) mass is 340 g/mol. The first-order valence-electron chi connectivity index (χ1n) is 8.28. The second-order valence-electron chi connectivity index (χ2n) is 6.39. The van der Waals surface area contributed by atoms with Gasteiger partial charge in [-0.05, 0) is 43.2 Å². The van der Waals surface area contributed by atoms with Crippen LogP contribution in [0.15, 0.2) is 24.3 Å². The summed E-state index contributed by atoms with van der Waals surface area (Å²) in [5, 5.41) is 5.64. The average molecular weight is 340 g/mol. The molecule has 1 spiro atoms. The van der Waals surface area contributed by atoms with Gasteiger partial charge < -0.3 is 20.1 Å². The Morgan fingerprint density at radius 1 is 1.25 bits per heavy atom. The Morgan fingerprint density at radius 3 is 2.75 bits per heavy atom. The Morgan fingerprint density at radius 2 is 2.00 bits per heavy atom. The van der Waals surface area contributed by atoms with Crippen molar-refractivity contribution in [2.24, 2.45) is 5.41 Å². The van der Waals surface area contributed by atoms with E-state index in [1.165, 1.54) is 12.1 Å². The molecule has 0 unspecified atom stereocenters. The van der Waals surface area contributed by atoms with E-state index in [4.69, 9.17) is 4.74 Å². The molecule has 24 heavy (non-hydrogen) atoms. The third-order valence-electron chi connectivity index (χ3n) is 5.05. The molecule has 5 nitrogen and oxygen atoms in total.